The van der Waals surface area contributed by atoms with E-state index in [-0.39, 0.29) is 23.3 Å². The lowest BCUT2D eigenvalue weighted by atomic mass is 10.2. The number of rotatable bonds is 4. The second-order valence-corrected chi connectivity index (χ2v) is 9.81. The molecule has 12 heteroatoms. The number of amides is 2. The maximum Gasteiger partial charge on any atom is 0.410 e. The zero-order valence-electron chi connectivity index (χ0n) is 21.4. The van der Waals surface area contributed by atoms with Crippen LogP contribution in [0.25, 0.3) is 11.5 Å². The summed E-state index contributed by atoms with van der Waals surface area (Å²) in [6, 6.07) is 11.9. The van der Waals surface area contributed by atoms with Gasteiger partial charge in [-0.25, -0.2) is 19.0 Å². The summed E-state index contributed by atoms with van der Waals surface area (Å²) in [4.78, 5) is 50.6. The Bertz CT molecular complexity index is 1550. The zero-order valence-corrected chi connectivity index (χ0v) is 21.4. The Hall–Kier alpha value is -4.74. The van der Waals surface area contributed by atoms with Crippen LogP contribution in [-0.2, 0) is 4.74 Å². The molecule has 1 saturated heterocycles. The van der Waals surface area contributed by atoms with E-state index in [1.807, 2.05) is 26.8 Å². The molecule has 0 saturated carbocycles. The molecule has 1 fully saturated rings. The highest BCUT2D eigenvalue weighted by atomic mass is 16.6. The molecule has 1 aliphatic rings. The number of carbonyl (C=O) groups is 2. The van der Waals surface area contributed by atoms with Gasteiger partial charge in [0.1, 0.15) is 11.3 Å². The van der Waals surface area contributed by atoms with Gasteiger partial charge >= 0.3 is 11.8 Å². The van der Waals surface area contributed by atoms with Crippen molar-refractivity contribution in [2.24, 2.45) is 0 Å². The molecule has 2 amide bonds. The van der Waals surface area contributed by atoms with Gasteiger partial charge in [-0.15, -0.1) is 5.10 Å². The fourth-order valence-electron chi connectivity index (χ4n) is 4.14. The van der Waals surface area contributed by atoms with Crippen molar-refractivity contribution in [1.82, 2.24) is 29.0 Å². The lowest BCUT2D eigenvalue weighted by Gasteiger charge is -2.37. The van der Waals surface area contributed by atoms with Gasteiger partial charge in [-0.1, -0.05) is 12.1 Å². The molecule has 5 heterocycles. The van der Waals surface area contributed by atoms with Crippen molar-refractivity contribution in [3.63, 3.8) is 0 Å². The molecule has 0 unspecified atom stereocenters. The van der Waals surface area contributed by atoms with Crippen molar-refractivity contribution in [2.75, 3.05) is 36.4 Å². The van der Waals surface area contributed by atoms with Crippen LogP contribution < -0.4 is 15.9 Å². The van der Waals surface area contributed by atoms with Crippen LogP contribution in [0.15, 0.2) is 65.8 Å². The molecular formula is C26H28N8O4. The predicted molar refractivity (Wildman–Crippen MR) is 141 cm³/mol. The number of ether oxygens (including phenoxy) is 1. The summed E-state index contributed by atoms with van der Waals surface area (Å²) in [5.74, 6) is -0.221. The molecule has 4 aromatic rings. The van der Waals surface area contributed by atoms with Crippen LogP contribution in [0.2, 0.25) is 0 Å². The second kappa shape index (κ2) is 9.96. The summed E-state index contributed by atoms with van der Waals surface area (Å²) in [7, 11) is 0. The third-order valence-electron chi connectivity index (χ3n) is 5.93. The highest BCUT2D eigenvalue weighted by Crippen LogP contribution is 2.26. The second-order valence-electron chi connectivity index (χ2n) is 9.81. The summed E-state index contributed by atoms with van der Waals surface area (Å²) in [6.45, 7) is 7.63. The topological polar surface area (TPSA) is 127 Å². The first-order valence-electron chi connectivity index (χ1n) is 12.2. The van der Waals surface area contributed by atoms with E-state index in [0.29, 0.717) is 37.5 Å². The molecule has 4 aromatic heterocycles. The minimum Gasteiger partial charge on any atom is -0.444 e. The molecule has 0 radical (unpaired) electrons. The average molecular weight is 517 g/mol. The number of anilines is 2. The number of hydrogen-bond acceptors (Lipinski definition) is 8. The van der Waals surface area contributed by atoms with E-state index in [1.54, 1.807) is 59.9 Å². The summed E-state index contributed by atoms with van der Waals surface area (Å²) in [5, 5.41) is 7.18. The van der Waals surface area contributed by atoms with E-state index >= 15 is 0 Å². The normalized spacial score (nSPS) is 14.0. The first-order chi connectivity index (χ1) is 18.2. The zero-order chi connectivity index (χ0) is 26.9. The fraction of sp³-hybridized carbons (Fsp3) is 0.308. The Morgan fingerprint density at radius 1 is 1.00 bits per heavy atom. The lowest BCUT2D eigenvalue weighted by Crippen LogP contribution is -2.50. The van der Waals surface area contributed by atoms with Gasteiger partial charge in [0.2, 0.25) is 0 Å². The predicted octanol–water partition coefficient (Wildman–Crippen LogP) is 2.58. The first kappa shape index (κ1) is 24.9. The molecule has 0 bridgehead atoms. The average Bonchev–Trinajstić information content (AvgIpc) is 3.25. The quantitative estimate of drug-likeness (QED) is 0.439. The van der Waals surface area contributed by atoms with Crippen LogP contribution in [0, 0.1) is 0 Å². The summed E-state index contributed by atoms with van der Waals surface area (Å²) in [5.41, 5.74) is 0.953. The van der Waals surface area contributed by atoms with Crippen molar-refractivity contribution in [3.05, 3.63) is 77.2 Å². The molecule has 0 aromatic carbocycles. The number of nitrogens with zero attached hydrogens (tertiary/aromatic N) is 7. The van der Waals surface area contributed by atoms with Crippen LogP contribution in [0.3, 0.4) is 0 Å². The molecule has 5 rings (SSSR count). The third kappa shape index (κ3) is 5.19. The van der Waals surface area contributed by atoms with E-state index in [0.717, 1.165) is 10.4 Å². The van der Waals surface area contributed by atoms with Crippen molar-refractivity contribution in [1.29, 1.82) is 0 Å². The summed E-state index contributed by atoms with van der Waals surface area (Å²) < 4.78 is 8.04. The summed E-state index contributed by atoms with van der Waals surface area (Å²) in [6.07, 6.45) is 4.51. The number of aromatic nitrogens is 5. The smallest absolute Gasteiger partial charge is 0.410 e. The van der Waals surface area contributed by atoms with Gasteiger partial charge in [0.05, 0.1) is 17.6 Å². The Morgan fingerprint density at radius 2 is 1.79 bits per heavy atom. The number of carbonyl (C=O) groups excluding carboxylic acids is 2. The maximum absolute atomic E-state index is 13.2. The van der Waals surface area contributed by atoms with Gasteiger partial charge in [0, 0.05) is 38.6 Å². The van der Waals surface area contributed by atoms with Crippen LogP contribution in [0.4, 0.5) is 16.2 Å². The van der Waals surface area contributed by atoms with Gasteiger partial charge < -0.3 is 19.9 Å². The molecule has 0 atom stereocenters. The number of pyridine rings is 3. The minimum absolute atomic E-state index is 0.121. The van der Waals surface area contributed by atoms with Crippen molar-refractivity contribution in [3.8, 4) is 5.82 Å². The van der Waals surface area contributed by atoms with Crippen molar-refractivity contribution >= 4 is 29.0 Å². The Morgan fingerprint density at radius 3 is 2.53 bits per heavy atom. The van der Waals surface area contributed by atoms with Crippen molar-refractivity contribution < 1.29 is 14.3 Å². The number of hydrogen-bond donors (Lipinski definition) is 1. The number of piperazine rings is 1. The molecule has 12 nitrogen and oxygen atoms in total. The van der Waals surface area contributed by atoms with E-state index in [9.17, 15) is 14.4 Å². The maximum atomic E-state index is 13.2. The Labute approximate surface area is 218 Å². The van der Waals surface area contributed by atoms with Gasteiger partial charge in [0.15, 0.2) is 11.5 Å². The first-order valence-corrected chi connectivity index (χ1v) is 12.2. The minimum atomic E-state index is -0.554. The standard InChI is InChI=1S/C26H28N8O4/c1-26(2,3)38-25(37)32-15-13-31(14-16-32)20-10-11-27-17-19(20)29-23(35)18-7-6-9-21(28-18)34-24(36)33-12-5-4-8-22(33)30-34/h4-12,17H,13-16H2,1-3H3,(H,29,35). The van der Waals surface area contributed by atoms with E-state index < -0.39 is 11.5 Å². The highest BCUT2D eigenvalue weighted by Gasteiger charge is 2.27. The summed E-state index contributed by atoms with van der Waals surface area (Å²) >= 11 is 0. The highest BCUT2D eigenvalue weighted by molar-refractivity contribution is 6.04. The van der Waals surface area contributed by atoms with Crippen LogP contribution in [0.5, 0.6) is 0 Å². The van der Waals surface area contributed by atoms with Crippen LogP contribution in [0.1, 0.15) is 31.3 Å². The number of nitrogens with one attached hydrogen (secondary N) is 1. The molecular weight excluding hydrogens is 488 g/mol. The van der Waals surface area contributed by atoms with Crippen LogP contribution >= 0.6 is 0 Å². The lowest BCUT2D eigenvalue weighted by molar-refractivity contribution is 0.0240. The van der Waals surface area contributed by atoms with E-state index in [4.69, 9.17) is 4.74 Å². The number of fused-ring (bicyclic) bond motifs is 1. The fourth-order valence-corrected chi connectivity index (χ4v) is 4.14. The Balaban J connectivity index is 1.31. The van der Waals surface area contributed by atoms with Gasteiger partial charge in [0.25, 0.3) is 5.91 Å². The third-order valence-corrected chi connectivity index (χ3v) is 5.93. The molecule has 0 spiro atoms. The van der Waals surface area contributed by atoms with E-state index in [1.165, 1.54) is 4.40 Å². The molecule has 0 aliphatic carbocycles. The molecule has 38 heavy (non-hydrogen) atoms. The van der Waals surface area contributed by atoms with Gasteiger partial charge in [-0.3, -0.25) is 9.78 Å². The van der Waals surface area contributed by atoms with E-state index in [2.05, 4.69) is 25.3 Å². The Kier molecular flexibility index (Phi) is 6.53. The molecule has 1 aliphatic heterocycles. The molecule has 196 valence electrons. The monoisotopic (exact) mass is 516 g/mol. The largest absolute Gasteiger partial charge is 0.444 e. The van der Waals surface area contributed by atoms with Gasteiger partial charge in [-0.2, -0.15) is 4.68 Å². The SMILES string of the molecule is CC(C)(C)OC(=O)N1CCN(c2ccncc2NC(=O)c2cccc(-n3nc4ccccn4c3=O)n2)CC1. The van der Waals surface area contributed by atoms with Gasteiger partial charge in [-0.05, 0) is 51.1 Å². The van der Waals surface area contributed by atoms with Crippen LogP contribution in [-0.4, -0.2) is 72.8 Å². The molecule has 1 N–H and O–H groups in total. The van der Waals surface area contributed by atoms with Crippen molar-refractivity contribution in [2.45, 2.75) is 26.4 Å².